The van der Waals surface area contributed by atoms with E-state index in [1.165, 1.54) is 4.31 Å². The molecule has 2 heterocycles. The van der Waals surface area contributed by atoms with Gasteiger partial charge in [-0.25, -0.2) is 8.42 Å². The minimum Gasteiger partial charge on any atom is -0.352 e. The maximum atomic E-state index is 12.5. The van der Waals surface area contributed by atoms with E-state index in [0.29, 0.717) is 24.7 Å². The van der Waals surface area contributed by atoms with Crippen molar-refractivity contribution in [3.8, 4) is 11.4 Å². The van der Waals surface area contributed by atoms with Crippen molar-refractivity contribution < 1.29 is 17.7 Å². The van der Waals surface area contributed by atoms with Gasteiger partial charge in [-0.3, -0.25) is 9.78 Å². The average Bonchev–Trinajstić information content (AvgIpc) is 3.25. The molecule has 164 valence electrons. The van der Waals surface area contributed by atoms with Crippen LogP contribution < -0.4 is 5.32 Å². The third-order valence-corrected chi connectivity index (χ3v) is 6.82. The van der Waals surface area contributed by atoms with Crippen LogP contribution in [0.5, 0.6) is 0 Å². The predicted molar refractivity (Wildman–Crippen MR) is 114 cm³/mol. The van der Waals surface area contributed by atoms with Gasteiger partial charge in [0.15, 0.2) is 0 Å². The van der Waals surface area contributed by atoms with Crippen LogP contribution in [0.4, 0.5) is 0 Å². The largest absolute Gasteiger partial charge is 0.352 e. The van der Waals surface area contributed by atoms with Gasteiger partial charge in [0.05, 0.1) is 4.90 Å². The highest BCUT2D eigenvalue weighted by Crippen LogP contribution is 2.17. The molecule has 3 rings (SSSR count). The van der Waals surface area contributed by atoms with Gasteiger partial charge in [0.1, 0.15) is 0 Å². The first-order valence-electron chi connectivity index (χ1n) is 9.84. The summed E-state index contributed by atoms with van der Waals surface area (Å²) in [5, 5.41) is 6.71. The molecule has 0 aliphatic heterocycles. The fraction of sp³-hybridized carbons (Fsp3) is 0.333. The Morgan fingerprint density at radius 2 is 1.94 bits per heavy atom. The number of pyridine rings is 1. The third kappa shape index (κ3) is 5.74. The van der Waals surface area contributed by atoms with Crippen LogP contribution in [0.25, 0.3) is 11.4 Å². The number of aromatic nitrogens is 3. The van der Waals surface area contributed by atoms with Gasteiger partial charge in [0.25, 0.3) is 0 Å². The average molecular weight is 444 g/mol. The number of aryl methyl sites for hydroxylation is 1. The SMILES string of the molecule is CC(C)N(C)S(=O)(=O)c1ccc(CNC(=O)CCc2nc(-c3cccnc3)no2)cc1. The quantitative estimate of drug-likeness (QED) is 0.539. The minimum absolute atomic E-state index is 0.136. The summed E-state index contributed by atoms with van der Waals surface area (Å²) in [4.78, 5) is 20.6. The molecule has 2 aromatic heterocycles. The van der Waals surface area contributed by atoms with Gasteiger partial charge in [0.2, 0.25) is 27.6 Å². The summed E-state index contributed by atoms with van der Waals surface area (Å²) in [6.45, 7) is 3.93. The molecule has 0 fully saturated rings. The van der Waals surface area contributed by atoms with Gasteiger partial charge in [-0.2, -0.15) is 9.29 Å². The molecule has 10 heteroatoms. The third-order valence-electron chi connectivity index (χ3n) is 4.77. The van der Waals surface area contributed by atoms with E-state index >= 15 is 0 Å². The molecule has 0 saturated carbocycles. The number of carbonyl (C=O) groups is 1. The normalized spacial score (nSPS) is 11.8. The summed E-state index contributed by atoms with van der Waals surface area (Å²) in [7, 11) is -1.97. The molecule has 1 N–H and O–H groups in total. The number of nitrogens with zero attached hydrogens (tertiary/aromatic N) is 4. The van der Waals surface area contributed by atoms with Crippen molar-refractivity contribution >= 4 is 15.9 Å². The van der Waals surface area contributed by atoms with Gasteiger partial charge in [-0.05, 0) is 43.7 Å². The lowest BCUT2D eigenvalue weighted by atomic mass is 10.2. The van der Waals surface area contributed by atoms with Crippen LogP contribution >= 0.6 is 0 Å². The predicted octanol–water partition coefficient (Wildman–Crippen LogP) is 2.41. The monoisotopic (exact) mass is 443 g/mol. The van der Waals surface area contributed by atoms with E-state index in [2.05, 4.69) is 20.4 Å². The Kier molecular flexibility index (Phi) is 7.13. The molecule has 31 heavy (non-hydrogen) atoms. The minimum atomic E-state index is -3.52. The highest BCUT2D eigenvalue weighted by molar-refractivity contribution is 7.89. The Labute approximate surface area is 181 Å². The van der Waals surface area contributed by atoms with Crippen molar-refractivity contribution in [2.75, 3.05) is 7.05 Å². The maximum Gasteiger partial charge on any atom is 0.243 e. The molecule has 0 spiro atoms. The maximum absolute atomic E-state index is 12.5. The summed E-state index contributed by atoms with van der Waals surface area (Å²) in [5.41, 5.74) is 1.54. The molecule has 1 amide bonds. The molecule has 9 nitrogen and oxygen atoms in total. The van der Waals surface area contributed by atoms with E-state index in [1.54, 1.807) is 49.8 Å². The molecule has 0 saturated heterocycles. The van der Waals surface area contributed by atoms with E-state index < -0.39 is 10.0 Å². The van der Waals surface area contributed by atoms with Crippen LogP contribution in [0.3, 0.4) is 0 Å². The van der Waals surface area contributed by atoms with Crippen molar-refractivity contribution in [1.82, 2.24) is 24.7 Å². The zero-order chi connectivity index (χ0) is 22.4. The Morgan fingerprint density at radius 1 is 1.19 bits per heavy atom. The van der Waals surface area contributed by atoms with E-state index in [4.69, 9.17) is 4.52 Å². The van der Waals surface area contributed by atoms with E-state index in [1.807, 2.05) is 19.9 Å². The fourth-order valence-electron chi connectivity index (χ4n) is 2.70. The van der Waals surface area contributed by atoms with Crippen LogP contribution in [0, 0.1) is 0 Å². The van der Waals surface area contributed by atoms with Crippen LogP contribution in [-0.4, -0.2) is 46.8 Å². The van der Waals surface area contributed by atoms with E-state index in [-0.39, 0.29) is 23.3 Å². The Morgan fingerprint density at radius 3 is 2.58 bits per heavy atom. The summed E-state index contributed by atoms with van der Waals surface area (Å²) in [6.07, 6.45) is 3.81. The van der Waals surface area contributed by atoms with Gasteiger partial charge < -0.3 is 9.84 Å². The van der Waals surface area contributed by atoms with Gasteiger partial charge in [-0.1, -0.05) is 17.3 Å². The number of hydrogen-bond donors (Lipinski definition) is 1. The molecule has 0 aliphatic rings. The standard InChI is InChI=1S/C21H25N5O4S/c1-15(2)26(3)31(28,29)18-8-6-16(7-9-18)13-23-19(27)10-11-20-24-21(25-30-20)17-5-4-12-22-14-17/h4-9,12,14-15H,10-11,13H2,1-3H3,(H,23,27). The number of rotatable bonds is 9. The van der Waals surface area contributed by atoms with Gasteiger partial charge in [0, 0.05) is 50.4 Å². The highest BCUT2D eigenvalue weighted by Gasteiger charge is 2.22. The van der Waals surface area contributed by atoms with E-state index in [9.17, 15) is 13.2 Å². The van der Waals surface area contributed by atoms with Crippen molar-refractivity contribution in [3.05, 3.63) is 60.2 Å². The van der Waals surface area contributed by atoms with Crippen LogP contribution in [0.2, 0.25) is 0 Å². The number of amides is 1. The van der Waals surface area contributed by atoms with Crippen molar-refractivity contribution in [3.63, 3.8) is 0 Å². The molecule has 1 aromatic carbocycles. The molecule has 0 atom stereocenters. The van der Waals surface area contributed by atoms with Crippen molar-refractivity contribution in [2.24, 2.45) is 0 Å². The van der Waals surface area contributed by atoms with Crippen molar-refractivity contribution in [2.45, 2.75) is 44.2 Å². The lowest BCUT2D eigenvalue weighted by molar-refractivity contribution is -0.121. The Balaban J connectivity index is 1.49. The molecule has 0 bridgehead atoms. The zero-order valence-corrected chi connectivity index (χ0v) is 18.5. The lowest BCUT2D eigenvalue weighted by Gasteiger charge is -2.21. The second kappa shape index (κ2) is 9.80. The zero-order valence-electron chi connectivity index (χ0n) is 17.6. The van der Waals surface area contributed by atoms with Crippen LogP contribution in [0.15, 0.2) is 58.2 Å². The number of sulfonamides is 1. The molecule has 0 unspecified atom stereocenters. The van der Waals surface area contributed by atoms with E-state index in [0.717, 1.165) is 11.1 Å². The summed E-state index contributed by atoms with van der Waals surface area (Å²) < 4.78 is 31.5. The number of carbonyl (C=O) groups excluding carboxylic acids is 1. The highest BCUT2D eigenvalue weighted by atomic mass is 32.2. The van der Waals surface area contributed by atoms with Crippen molar-refractivity contribution in [1.29, 1.82) is 0 Å². The first-order chi connectivity index (χ1) is 14.8. The summed E-state index contributed by atoms with van der Waals surface area (Å²) in [5.74, 6) is 0.636. The number of hydrogen-bond acceptors (Lipinski definition) is 7. The number of benzene rings is 1. The topological polar surface area (TPSA) is 118 Å². The lowest BCUT2D eigenvalue weighted by Crippen LogP contribution is -2.33. The second-order valence-electron chi connectivity index (χ2n) is 7.29. The summed E-state index contributed by atoms with van der Waals surface area (Å²) in [6, 6.07) is 9.96. The molecule has 0 aliphatic carbocycles. The van der Waals surface area contributed by atoms with Gasteiger partial charge in [-0.15, -0.1) is 0 Å². The number of nitrogens with one attached hydrogen (secondary N) is 1. The second-order valence-corrected chi connectivity index (χ2v) is 9.29. The van der Waals surface area contributed by atoms with Crippen LogP contribution in [-0.2, 0) is 27.8 Å². The smallest absolute Gasteiger partial charge is 0.243 e. The Hall–Kier alpha value is -3.11. The molecule has 3 aromatic rings. The molecular formula is C21H25N5O4S. The first kappa shape index (κ1) is 22.6. The first-order valence-corrected chi connectivity index (χ1v) is 11.3. The molecular weight excluding hydrogens is 418 g/mol. The fourth-order valence-corrected chi connectivity index (χ4v) is 4.07. The Bertz CT molecular complexity index is 1110. The molecule has 0 radical (unpaired) electrons. The summed E-state index contributed by atoms with van der Waals surface area (Å²) >= 11 is 0. The van der Waals surface area contributed by atoms with Gasteiger partial charge >= 0.3 is 0 Å². The van der Waals surface area contributed by atoms with Crippen LogP contribution in [0.1, 0.15) is 31.7 Å².